The van der Waals surface area contributed by atoms with Crippen LogP contribution in [0.25, 0.3) is 10.9 Å². The van der Waals surface area contributed by atoms with Crippen LogP contribution in [0.3, 0.4) is 0 Å². The molecule has 0 saturated heterocycles. The molecule has 2 rings (SSSR count). The Hall–Kier alpha value is -1.90. The van der Waals surface area contributed by atoms with E-state index in [1.807, 2.05) is 18.2 Å². The van der Waals surface area contributed by atoms with E-state index < -0.39 is 0 Å². The Morgan fingerprint density at radius 1 is 1.31 bits per heavy atom. The maximum Gasteiger partial charge on any atom is 0.259 e. The van der Waals surface area contributed by atoms with E-state index in [4.69, 9.17) is 0 Å². The van der Waals surface area contributed by atoms with Gasteiger partial charge in [-0.3, -0.25) is 9.59 Å². The minimum atomic E-state index is -0.316. The Kier molecular flexibility index (Phi) is 2.60. The molecule has 82 valence electrons. The standard InChI is InChI=1S/C13H13NO2/c1-3-9-4-5-12-10(6-9)7-11(8(2)15)13(16)14-12/h4-7H,3H2,1-2H3,(H,14,16). The van der Waals surface area contributed by atoms with Crippen LogP contribution in [0.1, 0.15) is 29.8 Å². The molecule has 2 aromatic rings. The van der Waals surface area contributed by atoms with Gasteiger partial charge in [0, 0.05) is 5.52 Å². The Balaban J connectivity index is 2.75. The molecule has 0 fully saturated rings. The molecule has 1 aromatic carbocycles. The van der Waals surface area contributed by atoms with Gasteiger partial charge < -0.3 is 4.98 Å². The SMILES string of the molecule is CCc1ccc2[nH]c(=O)c(C(C)=O)cc2c1. The molecule has 0 bridgehead atoms. The van der Waals surface area contributed by atoms with Gasteiger partial charge in [-0.15, -0.1) is 0 Å². The van der Waals surface area contributed by atoms with E-state index in [0.717, 1.165) is 17.3 Å². The molecule has 1 aromatic heterocycles. The van der Waals surface area contributed by atoms with Crippen LogP contribution in [0.15, 0.2) is 29.1 Å². The molecule has 3 nitrogen and oxygen atoms in total. The molecule has 0 saturated carbocycles. The number of benzene rings is 1. The van der Waals surface area contributed by atoms with Crippen molar-refractivity contribution < 1.29 is 4.79 Å². The second-order valence-corrected chi connectivity index (χ2v) is 3.84. The zero-order valence-corrected chi connectivity index (χ0v) is 9.33. The normalized spacial score (nSPS) is 10.6. The molecular formula is C13H13NO2. The van der Waals surface area contributed by atoms with E-state index >= 15 is 0 Å². The third-order valence-corrected chi connectivity index (χ3v) is 2.70. The molecule has 0 radical (unpaired) electrons. The van der Waals surface area contributed by atoms with Crippen molar-refractivity contribution in [1.82, 2.24) is 4.98 Å². The van der Waals surface area contributed by atoms with E-state index in [2.05, 4.69) is 11.9 Å². The number of nitrogens with one attached hydrogen (secondary N) is 1. The number of ketones is 1. The molecule has 16 heavy (non-hydrogen) atoms. The first-order valence-electron chi connectivity index (χ1n) is 5.28. The summed E-state index contributed by atoms with van der Waals surface area (Å²) in [4.78, 5) is 25.5. The van der Waals surface area contributed by atoms with Gasteiger partial charge in [0.25, 0.3) is 5.56 Å². The Bertz CT molecular complexity index is 611. The Morgan fingerprint density at radius 2 is 2.06 bits per heavy atom. The van der Waals surface area contributed by atoms with E-state index in [1.54, 1.807) is 6.07 Å². The number of carbonyl (C=O) groups is 1. The third kappa shape index (κ3) is 1.76. The highest BCUT2D eigenvalue weighted by Crippen LogP contribution is 2.14. The number of carbonyl (C=O) groups excluding carboxylic acids is 1. The average molecular weight is 215 g/mol. The fraction of sp³-hybridized carbons (Fsp3) is 0.231. The number of rotatable bonds is 2. The summed E-state index contributed by atoms with van der Waals surface area (Å²) in [6.45, 7) is 3.47. The summed E-state index contributed by atoms with van der Waals surface area (Å²) < 4.78 is 0. The number of hydrogen-bond donors (Lipinski definition) is 1. The zero-order chi connectivity index (χ0) is 11.7. The van der Waals surface area contributed by atoms with Gasteiger partial charge in [0.2, 0.25) is 0 Å². The summed E-state index contributed by atoms with van der Waals surface area (Å²) in [6, 6.07) is 7.51. The van der Waals surface area contributed by atoms with Crippen LogP contribution in [-0.4, -0.2) is 10.8 Å². The first kappa shape index (κ1) is 10.6. The van der Waals surface area contributed by atoms with Gasteiger partial charge in [-0.25, -0.2) is 0 Å². The summed E-state index contributed by atoms with van der Waals surface area (Å²) >= 11 is 0. The summed E-state index contributed by atoms with van der Waals surface area (Å²) in [5.41, 5.74) is 1.87. The lowest BCUT2D eigenvalue weighted by Gasteiger charge is -2.02. The van der Waals surface area contributed by atoms with Crippen LogP contribution in [0.2, 0.25) is 0 Å². The highest BCUT2D eigenvalue weighted by molar-refractivity contribution is 5.97. The van der Waals surface area contributed by atoms with Crippen molar-refractivity contribution in [3.63, 3.8) is 0 Å². The number of fused-ring (bicyclic) bond motifs is 1. The fourth-order valence-electron chi connectivity index (χ4n) is 1.74. The molecule has 3 heteroatoms. The summed E-state index contributed by atoms with van der Waals surface area (Å²) in [7, 11) is 0. The van der Waals surface area contributed by atoms with Crippen molar-refractivity contribution in [3.05, 3.63) is 45.7 Å². The zero-order valence-electron chi connectivity index (χ0n) is 9.33. The van der Waals surface area contributed by atoms with Crippen molar-refractivity contribution in [3.8, 4) is 0 Å². The Labute approximate surface area is 93.1 Å². The number of aromatic amines is 1. The third-order valence-electron chi connectivity index (χ3n) is 2.70. The van der Waals surface area contributed by atoms with Crippen LogP contribution in [-0.2, 0) is 6.42 Å². The molecule has 0 aliphatic carbocycles. The van der Waals surface area contributed by atoms with Crippen molar-refractivity contribution in [2.24, 2.45) is 0 Å². The van der Waals surface area contributed by atoms with Gasteiger partial charge >= 0.3 is 0 Å². The van der Waals surface area contributed by atoms with E-state index in [-0.39, 0.29) is 16.9 Å². The van der Waals surface area contributed by atoms with Crippen LogP contribution < -0.4 is 5.56 Å². The highest BCUT2D eigenvalue weighted by Gasteiger charge is 2.07. The predicted octanol–water partition coefficient (Wildman–Crippen LogP) is 2.29. The van der Waals surface area contributed by atoms with Gasteiger partial charge in [-0.1, -0.05) is 13.0 Å². The highest BCUT2D eigenvalue weighted by atomic mass is 16.1. The monoisotopic (exact) mass is 215 g/mol. The first-order valence-corrected chi connectivity index (χ1v) is 5.28. The second kappa shape index (κ2) is 3.93. The number of pyridine rings is 1. The molecule has 0 amide bonds. The van der Waals surface area contributed by atoms with Crippen LogP contribution in [0.5, 0.6) is 0 Å². The molecular weight excluding hydrogens is 202 g/mol. The molecule has 0 aliphatic heterocycles. The number of aromatic nitrogens is 1. The maximum atomic E-state index is 11.6. The van der Waals surface area contributed by atoms with Crippen LogP contribution in [0, 0.1) is 0 Å². The predicted molar refractivity (Wildman–Crippen MR) is 64.0 cm³/mol. The van der Waals surface area contributed by atoms with E-state index in [1.165, 1.54) is 12.5 Å². The second-order valence-electron chi connectivity index (χ2n) is 3.84. The fourth-order valence-corrected chi connectivity index (χ4v) is 1.74. The van der Waals surface area contributed by atoms with Crippen molar-refractivity contribution >= 4 is 16.7 Å². The summed E-state index contributed by atoms with van der Waals surface area (Å²) in [6.07, 6.45) is 0.935. The van der Waals surface area contributed by atoms with Crippen molar-refractivity contribution in [1.29, 1.82) is 0 Å². The quantitative estimate of drug-likeness (QED) is 0.781. The summed E-state index contributed by atoms with van der Waals surface area (Å²) in [5.74, 6) is -0.204. The largest absolute Gasteiger partial charge is 0.321 e. The van der Waals surface area contributed by atoms with Gasteiger partial charge in [0.15, 0.2) is 5.78 Å². The number of hydrogen-bond acceptors (Lipinski definition) is 2. The lowest BCUT2D eigenvalue weighted by Crippen LogP contribution is -2.15. The van der Waals surface area contributed by atoms with Crippen LogP contribution in [0.4, 0.5) is 0 Å². The van der Waals surface area contributed by atoms with Gasteiger partial charge in [-0.05, 0) is 42.5 Å². The number of H-pyrrole nitrogens is 1. The first-order chi connectivity index (χ1) is 7.61. The lowest BCUT2D eigenvalue weighted by molar-refractivity contribution is 0.101. The smallest absolute Gasteiger partial charge is 0.259 e. The molecule has 0 unspecified atom stereocenters. The Morgan fingerprint density at radius 3 is 2.69 bits per heavy atom. The van der Waals surface area contributed by atoms with Gasteiger partial charge in [0.05, 0.1) is 5.56 Å². The number of Topliss-reactive ketones (excluding diaryl/α,β-unsaturated/α-hetero) is 1. The van der Waals surface area contributed by atoms with E-state index in [0.29, 0.717) is 0 Å². The lowest BCUT2D eigenvalue weighted by atomic mass is 10.1. The number of aryl methyl sites for hydroxylation is 1. The minimum absolute atomic E-state index is 0.204. The van der Waals surface area contributed by atoms with Crippen molar-refractivity contribution in [2.45, 2.75) is 20.3 Å². The van der Waals surface area contributed by atoms with Gasteiger partial charge in [-0.2, -0.15) is 0 Å². The molecule has 0 spiro atoms. The molecule has 0 atom stereocenters. The van der Waals surface area contributed by atoms with Gasteiger partial charge in [0.1, 0.15) is 0 Å². The summed E-state index contributed by atoms with van der Waals surface area (Å²) in [5, 5.41) is 0.907. The van der Waals surface area contributed by atoms with Crippen molar-refractivity contribution in [2.75, 3.05) is 0 Å². The maximum absolute atomic E-state index is 11.6. The molecule has 1 heterocycles. The molecule has 1 N–H and O–H groups in total. The van der Waals surface area contributed by atoms with Crippen LogP contribution >= 0.6 is 0 Å². The average Bonchev–Trinajstić information content (AvgIpc) is 2.27. The topological polar surface area (TPSA) is 49.9 Å². The minimum Gasteiger partial charge on any atom is -0.321 e. The molecule has 0 aliphatic rings. The van der Waals surface area contributed by atoms with E-state index in [9.17, 15) is 9.59 Å².